The van der Waals surface area contributed by atoms with E-state index in [0.29, 0.717) is 23.1 Å². The van der Waals surface area contributed by atoms with E-state index in [1.807, 2.05) is 0 Å². The maximum absolute atomic E-state index is 13.2. The fourth-order valence-electron chi connectivity index (χ4n) is 3.49. The van der Waals surface area contributed by atoms with Crippen molar-refractivity contribution in [2.45, 2.75) is 32.0 Å². The molecule has 11 heteroatoms. The van der Waals surface area contributed by atoms with E-state index < -0.39 is 18.0 Å². The summed E-state index contributed by atoms with van der Waals surface area (Å²) in [5, 5.41) is 8.53. The van der Waals surface area contributed by atoms with Crippen LogP contribution in [0.2, 0.25) is 0 Å². The van der Waals surface area contributed by atoms with E-state index in [1.54, 1.807) is 24.8 Å². The predicted molar refractivity (Wildman–Crippen MR) is 105 cm³/mol. The molecule has 30 heavy (non-hydrogen) atoms. The Morgan fingerprint density at radius 2 is 2.17 bits per heavy atom. The number of aromatic nitrogens is 5. The molecule has 1 aliphatic rings. The molecule has 3 aromatic heterocycles. The molecule has 1 saturated heterocycles. The first-order valence-electron chi connectivity index (χ1n) is 9.44. The summed E-state index contributed by atoms with van der Waals surface area (Å²) in [7, 11) is 0. The molecule has 4 heterocycles. The van der Waals surface area contributed by atoms with Crippen molar-refractivity contribution in [2.24, 2.45) is 5.92 Å². The minimum absolute atomic E-state index is 0.0343. The second-order valence-electron chi connectivity index (χ2n) is 7.03. The molecule has 1 aliphatic heterocycles. The predicted octanol–water partition coefficient (Wildman–Crippen LogP) is 4.09. The van der Waals surface area contributed by atoms with Gasteiger partial charge >= 0.3 is 6.18 Å². The number of hydrogen-bond donors (Lipinski definition) is 0. The Bertz CT molecular complexity index is 984. The number of rotatable bonds is 5. The summed E-state index contributed by atoms with van der Waals surface area (Å²) in [6.45, 7) is 3.19. The molecule has 3 aromatic rings. The number of hydrogen-bond acceptors (Lipinski definition) is 8. The van der Waals surface area contributed by atoms with E-state index in [2.05, 4.69) is 30.0 Å². The molecule has 7 nitrogen and oxygen atoms in total. The topological polar surface area (TPSA) is 76.9 Å². The third-order valence-electron chi connectivity index (χ3n) is 5.00. The van der Waals surface area contributed by atoms with Crippen LogP contribution in [0.4, 0.5) is 19.0 Å². The second kappa shape index (κ2) is 8.50. The molecule has 1 fully saturated rings. The zero-order valence-corrected chi connectivity index (χ0v) is 16.9. The first-order chi connectivity index (χ1) is 14.4. The van der Waals surface area contributed by atoms with Crippen LogP contribution in [0.15, 0.2) is 36.2 Å². The van der Waals surface area contributed by atoms with Gasteiger partial charge in [0.15, 0.2) is 16.5 Å². The van der Waals surface area contributed by atoms with E-state index in [0.717, 1.165) is 25.6 Å². The largest absolute Gasteiger partial charge is 0.488 e. The maximum Gasteiger partial charge on any atom is 0.437 e. The number of nitrogens with zero attached hydrogens (tertiary/aromatic N) is 6. The average Bonchev–Trinajstić information content (AvgIpc) is 3.29. The molecule has 0 aliphatic carbocycles. The van der Waals surface area contributed by atoms with E-state index >= 15 is 0 Å². The van der Waals surface area contributed by atoms with E-state index in [-0.39, 0.29) is 11.7 Å². The highest BCUT2D eigenvalue weighted by Crippen LogP contribution is 2.36. The normalized spacial score (nSPS) is 18.3. The van der Waals surface area contributed by atoms with Crippen LogP contribution in [0.5, 0.6) is 5.75 Å². The van der Waals surface area contributed by atoms with Gasteiger partial charge in [0.2, 0.25) is 0 Å². The molecule has 158 valence electrons. The quantitative estimate of drug-likeness (QED) is 0.596. The van der Waals surface area contributed by atoms with Crippen LogP contribution < -0.4 is 9.64 Å². The van der Waals surface area contributed by atoms with Crippen molar-refractivity contribution in [3.8, 4) is 16.5 Å². The smallest absolute Gasteiger partial charge is 0.437 e. The first kappa shape index (κ1) is 20.5. The van der Waals surface area contributed by atoms with Gasteiger partial charge in [-0.05, 0) is 31.9 Å². The summed E-state index contributed by atoms with van der Waals surface area (Å²) >= 11 is 1.38. The molecule has 0 amide bonds. The number of ether oxygens (including phenoxy) is 1. The lowest BCUT2D eigenvalue weighted by Gasteiger charge is -2.36. The fourth-order valence-corrected chi connectivity index (χ4v) is 4.00. The molecule has 2 atom stereocenters. The van der Waals surface area contributed by atoms with Crippen molar-refractivity contribution >= 4 is 17.2 Å². The highest BCUT2D eigenvalue weighted by molar-refractivity contribution is 7.12. The van der Waals surface area contributed by atoms with Crippen LogP contribution in [0.3, 0.4) is 0 Å². The Morgan fingerprint density at radius 1 is 1.30 bits per heavy atom. The molecule has 0 bridgehead atoms. The summed E-state index contributed by atoms with van der Waals surface area (Å²) in [6, 6.07) is 2.75. The fraction of sp³-hybridized carbons (Fsp3) is 0.421. The minimum Gasteiger partial charge on any atom is -0.488 e. The standard InChI is InChI=1S/C19H19F3N6OS/c1-12(29-15-5-2-6-24-17(15)19(20,21)22)13-4-3-7-28(10-13)16-9-23-8-14(26-16)18-27-25-11-30-18/h2,5-6,8-9,11-13H,3-4,7,10H2,1H3/t12-,13+/m1/s1. The Kier molecular flexibility index (Phi) is 5.80. The zero-order valence-electron chi connectivity index (χ0n) is 16.1. The Balaban J connectivity index is 1.48. The van der Waals surface area contributed by atoms with Crippen molar-refractivity contribution in [1.82, 2.24) is 25.1 Å². The molecule has 0 aromatic carbocycles. The molecule has 0 radical (unpaired) electrons. The monoisotopic (exact) mass is 436 g/mol. The Hall–Kier alpha value is -2.82. The molecule has 4 rings (SSSR count). The van der Waals surface area contributed by atoms with Crippen LogP contribution in [-0.4, -0.2) is 44.3 Å². The first-order valence-corrected chi connectivity index (χ1v) is 10.3. The summed E-state index contributed by atoms with van der Waals surface area (Å²) in [5.74, 6) is 0.497. The van der Waals surface area contributed by atoms with Gasteiger partial charge in [-0.25, -0.2) is 9.97 Å². The molecular weight excluding hydrogens is 417 g/mol. The van der Waals surface area contributed by atoms with Gasteiger partial charge in [-0.3, -0.25) is 4.98 Å². The molecule has 0 unspecified atom stereocenters. The maximum atomic E-state index is 13.2. The number of anilines is 1. The van der Waals surface area contributed by atoms with Crippen LogP contribution in [0.25, 0.3) is 10.7 Å². The van der Waals surface area contributed by atoms with Crippen molar-refractivity contribution in [1.29, 1.82) is 0 Å². The van der Waals surface area contributed by atoms with Gasteiger partial charge in [-0.1, -0.05) is 11.3 Å². The summed E-state index contributed by atoms with van der Waals surface area (Å²) in [5.41, 5.74) is 1.28. The van der Waals surface area contributed by atoms with E-state index in [4.69, 9.17) is 4.74 Å². The van der Waals surface area contributed by atoms with Crippen LogP contribution >= 0.6 is 11.3 Å². The number of alkyl halides is 3. The lowest BCUT2D eigenvalue weighted by molar-refractivity contribution is -0.143. The van der Waals surface area contributed by atoms with E-state index in [9.17, 15) is 13.2 Å². The summed E-state index contributed by atoms with van der Waals surface area (Å²) in [4.78, 5) is 14.4. The lowest BCUT2D eigenvalue weighted by Crippen LogP contribution is -2.42. The molecule has 0 N–H and O–H groups in total. The minimum atomic E-state index is -4.56. The van der Waals surface area contributed by atoms with Crippen LogP contribution in [0, 0.1) is 5.92 Å². The third-order valence-corrected chi connectivity index (χ3v) is 5.71. The number of piperidine rings is 1. The highest BCUT2D eigenvalue weighted by Gasteiger charge is 2.37. The summed E-state index contributed by atoms with van der Waals surface area (Å²) < 4.78 is 45.3. The van der Waals surface area contributed by atoms with E-state index in [1.165, 1.54) is 23.5 Å². The zero-order chi connectivity index (χ0) is 21.1. The number of halogens is 3. The third kappa shape index (κ3) is 4.50. The van der Waals surface area contributed by atoms with Gasteiger partial charge in [0, 0.05) is 25.2 Å². The van der Waals surface area contributed by atoms with Crippen molar-refractivity contribution < 1.29 is 17.9 Å². The average molecular weight is 436 g/mol. The van der Waals surface area contributed by atoms with Gasteiger partial charge < -0.3 is 9.64 Å². The van der Waals surface area contributed by atoms with Crippen molar-refractivity contribution in [3.63, 3.8) is 0 Å². The van der Waals surface area contributed by atoms with Crippen molar-refractivity contribution in [2.75, 3.05) is 18.0 Å². The van der Waals surface area contributed by atoms with Crippen molar-refractivity contribution in [3.05, 3.63) is 41.9 Å². The summed E-state index contributed by atoms with van der Waals surface area (Å²) in [6.07, 6.45) is 1.18. The number of pyridine rings is 1. The highest BCUT2D eigenvalue weighted by atomic mass is 32.1. The van der Waals surface area contributed by atoms with Crippen LogP contribution in [-0.2, 0) is 6.18 Å². The van der Waals surface area contributed by atoms with Gasteiger partial charge in [0.25, 0.3) is 0 Å². The van der Waals surface area contributed by atoms with Gasteiger partial charge in [-0.2, -0.15) is 13.2 Å². The molecule has 0 saturated carbocycles. The SMILES string of the molecule is C[C@@H](Oc1cccnc1C(F)(F)F)[C@H]1CCCN(c2cncc(-c3nncs3)n2)C1. The van der Waals surface area contributed by atoms with Gasteiger partial charge in [0.1, 0.15) is 23.1 Å². The van der Waals surface area contributed by atoms with Crippen LogP contribution in [0.1, 0.15) is 25.5 Å². The molecular formula is C19H19F3N6OS. The Labute approximate surface area is 175 Å². The second-order valence-corrected chi connectivity index (χ2v) is 7.86. The van der Waals surface area contributed by atoms with Gasteiger partial charge in [-0.15, -0.1) is 10.2 Å². The molecule has 0 spiro atoms. The van der Waals surface area contributed by atoms with Gasteiger partial charge in [0.05, 0.1) is 12.4 Å². The Morgan fingerprint density at radius 3 is 2.93 bits per heavy atom. The lowest BCUT2D eigenvalue weighted by atomic mass is 9.93.